The van der Waals surface area contributed by atoms with Gasteiger partial charge in [0.05, 0.1) is 24.5 Å². The van der Waals surface area contributed by atoms with E-state index < -0.39 is 5.82 Å². The summed E-state index contributed by atoms with van der Waals surface area (Å²) in [6.07, 6.45) is 1.62. The Bertz CT molecular complexity index is 598. The fourth-order valence-corrected chi connectivity index (χ4v) is 1.66. The highest BCUT2D eigenvalue weighted by Gasteiger charge is 2.13. The molecule has 0 saturated heterocycles. The van der Waals surface area contributed by atoms with Crippen molar-refractivity contribution in [2.45, 2.75) is 19.9 Å². The van der Waals surface area contributed by atoms with Crippen molar-refractivity contribution in [2.75, 3.05) is 11.9 Å². The molecule has 0 bridgehead atoms. The van der Waals surface area contributed by atoms with Gasteiger partial charge in [0.1, 0.15) is 11.6 Å². The maximum absolute atomic E-state index is 13.4. The number of hydrogen-bond acceptors (Lipinski definition) is 4. The molecule has 0 aliphatic rings. The van der Waals surface area contributed by atoms with Gasteiger partial charge in [-0.05, 0) is 26.0 Å². The van der Waals surface area contributed by atoms with E-state index in [4.69, 9.17) is 4.42 Å². The minimum absolute atomic E-state index is 0.0386. The van der Waals surface area contributed by atoms with E-state index in [1.54, 1.807) is 25.3 Å². The van der Waals surface area contributed by atoms with Gasteiger partial charge in [0.25, 0.3) is 0 Å². The molecule has 5 nitrogen and oxygen atoms in total. The Balaban J connectivity index is 1.85. The molecule has 0 fully saturated rings. The van der Waals surface area contributed by atoms with Crippen LogP contribution in [0.1, 0.15) is 24.6 Å². The summed E-state index contributed by atoms with van der Waals surface area (Å²) < 4.78 is 18.7. The molecule has 0 radical (unpaired) electrons. The molecular formula is C14H16FN3O2. The highest BCUT2D eigenvalue weighted by Crippen LogP contribution is 2.13. The molecule has 0 saturated carbocycles. The van der Waals surface area contributed by atoms with Crippen LogP contribution in [0, 0.1) is 12.7 Å². The van der Waals surface area contributed by atoms with Crippen LogP contribution in [0.3, 0.4) is 0 Å². The number of carbonyl (C=O) groups is 1. The van der Waals surface area contributed by atoms with Crippen molar-refractivity contribution in [3.63, 3.8) is 0 Å². The van der Waals surface area contributed by atoms with E-state index in [0.717, 1.165) is 0 Å². The van der Waals surface area contributed by atoms with Crippen LogP contribution in [0.25, 0.3) is 0 Å². The summed E-state index contributed by atoms with van der Waals surface area (Å²) in [5.41, 5.74) is 0.166. The topological polar surface area (TPSA) is 67.2 Å². The number of aromatic nitrogens is 1. The number of benzene rings is 1. The fourth-order valence-electron chi connectivity index (χ4n) is 1.66. The number of aryl methyl sites for hydroxylation is 1. The number of carbonyl (C=O) groups excluding carboxylic acids is 1. The number of nitrogens with one attached hydrogen (secondary N) is 2. The highest BCUT2D eigenvalue weighted by atomic mass is 19.1. The van der Waals surface area contributed by atoms with Gasteiger partial charge in [-0.2, -0.15) is 0 Å². The minimum atomic E-state index is -0.461. The number of hydrogen-bond donors (Lipinski definition) is 2. The van der Waals surface area contributed by atoms with Crippen molar-refractivity contribution in [1.82, 2.24) is 10.3 Å². The molecule has 106 valence electrons. The molecule has 1 aromatic carbocycles. The van der Waals surface area contributed by atoms with Crippen LogP contribution in [-0.2, 0) is 4.79 Å². The Hall–Kier alpha value is -2.21. The second kappa shape index (κ2) is 6.29. The van der Waals surface area contributed by atoms with Gasteiger partial charge in [0, 0.05) is 0 Å². The monoisotopic (exact) mass is 277 g/mol. The lowest BCUT2D eigenvalue weighted by atomic mass is 10.3. The minimum Gasteiger partial charge on any atom is -0.444 e. The van der Waals surface area contributed by atoms with E-state index >= 15 is 0 Å². The van der Waals surface area contributed by atoms with Crippen molar-refractivity contribution >= 4 is 11.6 Å². The summed E-state index contributed by atoms with van der Waals surface area (Å²) in [6.45, 7) is 3.67. The van der Waals surface area contributed by atoms with Gasteiger partial charge in [0.2, 0.25) is 11.8 Å². The summed E-state index contributed by atoms with van der Waals surface area (Å²) >= 11 is 0. The molecule has 1 heterocycles. The molecule has 2 N–H and O–H groups in total. The first-order chi connectivity index (χ1) is 9.56. The summed E-state index contributed by atoms with van der Waals surface area (Å²) in [4.78, 5) is 15.8. The maximum Gasteiger partial charge on any atom is 0.238 e. The number of rotatable bonds is 5. The van der Waals surface area contributed by atoms with Crippen molar-refractivity contribution in [1.29, 1.82) is 0 Å². The van der Waals surface area contributed by atoms with Gasteiger partial charge in [-0.15, -0.1) is 0 Å². The lowest BCUT2D eigenvalue weighted by Gasteiger charge is -2.11. The van der Waals surface area contributed by atoms with E-state index in [-0.39, 0.29) is 24.2 Å². The summed E-state index contributed by atoms with van der Waals surface area (Å²) in [7, 11) is 0. The predicted molar refractivity (Wildman–Crippen MR) is 72.7 cm³/mol. The first-order valence-electron chi connectivity index (χ1n) is 6.26. The molecule has 1 aromatic heterocycles. The molecule has 20 heavy (non-hydrogen) atoms. The third kappa shape index (κ3) is 3.64. The fraction of sp³-hybridized carbons (Fsp3) is 0.286. The predicted octanol–water partition coefficient (Wildman–Crippen LogP) is 2.41. The Kier molecular flexibility index (Phi) is 4.47. The van der Waals surface area contributed by atoms with Crippen molar-refractivity contribution in [3.8, 4) is 0 Å². The first-order valence-corrected chi connectivity index (χ1v) is 6.26. The van der Waals surface area contributed by atoms with Gasteiger partial charge >= 0.3 is 0 Å². The van der Waals surface area contributed by atoms with E-state index in [1.807, 2.05) is 6.92 Å². The molecule has 2 aromatic rings. The number of amides is 1. The third-order valence-corrected chi connectivity index (χ3v) is 2.73. The third-order valence-electron chi connectivity index (χ3n) is 2.73. The highest BCUT2D eigenvalue weighted by molar-refractivity contribution is 5.92. The Morgan fingerprint density at radius 1 is 1.45 bits per heavy atom. The second-order valence-electron chi connectivity index (χ2n) is 4.44. The molecule has 1 unspecified atom stereocenters. The molecular weight excluding hydrogens is 261 g/mol. The molecule has 6 heteroatoms. The summed E-state index contributed by atoms with van der Waals surface area (Å²) in [5.74, 6) is 0.438. The SMILES string of the molecule is Cc1cnc(C(C)NCC(=O)Nc2ccccc2F)o1. The van der Waals surface area contributed by atoms with E-state index in [2.05, 4.69) is 15.6 Å². The molecule has 0 aliphatic heterocycles. The van der Waals surface area contributed by atoms with Gasteiger partial charge in [-0.1, -0.05) is 12.1 Å². The smallest absolute Gasteiger partial charge is 0.238 e. The zero-order valence-electron chi connectivity index (χ0n) is 11.3. The average Bonchev–Trinajstić information content (AvgIpc) is 2.85. The lowest BCUT2D eigenvalue weighted by molar-refractivity contribution is -0.115. The average molecular weight is 277 g/mol. The summed E-state index contributed by atoms with van der Waals surface area (Å²) in [5, 5.41) is 5.46. The summed E-state index contributed by atoms with van der Waals surface area (Å²) in [6, 6.07) is 5.82. The normalized spacial score (nSPS) is 12.2. The van der Waals surface area contributed by atoms with Crippen LogP contribution in [0.4, 0.5) is 10.1 Å². The lowest BCUT2D eigenvalue weighted by Crippen LogP contribution is -2.30. The standard InChI is InChI=1S/C14H16FN3O2/c1-9-7-17-14(20-9)10(2)16-8-13(19)18-12-6-4-3-5-11(12)15/h3-7,10,16H,8H2,1-2H3,(H,18,19). The maximum atomic E-state index is 13.4. The van der Waals surface area contributed by atoms with Gasteiger partial charge in [-0.3, -0.25) is 10.1 Å². The zero-order chi connectivity index (χ0) is 14.5. The van der Waals surface area contributed by atoms with Crippen LogP contribution in [0.5, 0.6) is 0 Å². The van der Waals surface area contributed by atoms with Crippen LogP contribution in [0.15, 0.2) is 34.9 Å². The van der Waals surface area contributed by atoms with Crippen LogP contribution < -0.4 is 10.6 Å². The van der Waals surface area contributed by atoms with E-state index in [0.29, 0.717) is 11.7 Å². The van der Waals surface area contributed by atoms with Gasteiger partial charge in [0.15, 0.2) is 0 Å². The van der Waals surface area contributed by atoms with E-state index in [9.17, 15) is 9.18 Å². The van der Waals surface area contributed by atoms with E-state index in [1.165, 1.54) is 12.1 Å². The van der Waals surface area contributed by atoms with Crippen LogP contribution >= 0.6 is 0 Å². The molecule has 0 spiro atoms. The number of nitrogens with zero attached hydrogens (tertiary/aromatic N) is 1. The Labute approximate surface area is 116 Å². The molecule has 1 atom stereocenters. The van der Waals surface area contributed by atoms with Crippen molar-refractivity contribution in [3.05, 3.63) is 47.9 Å². The van der Waals surface area contributed by atoms with Gasteiger partial charge < -0.3 is 9.73 Å². The van der Waals surface area contributed by atoms with Crippen LogP contribution in [0.2, 0.25) is 0 Å². The molecule has 2 rings (SSSR count). The Morgan fingerprint density at radius 2 is 2.20 bits per heavy atom. The number of para-hydroxylation sites is 1. The Morgan fingerprint density at radius 3 is 2.85 bits per heavy atom. The van der Waals surface area contributed by atoms with Crippen molar-refractivity contribution < 1.29 is 13.6 Å². The van der Waals surface area contributed by atoms with Gasteiger partial charge in [-0.25, -0.2) is 9.37 Å². The molecule has 1 amide bonds. The number of anilines is 1. The zero-order valence-corrected chi connectivity index (χ0v) is 11.3. The number of oxazole rings is 1. The molecule has 0 aliphatic carbocycles. The quantitative estimate of drug-likeness (QED) is 0.880. The largest absolute Gasteiger partial charge is 0.444 e. The second-order valence-corrected chi connectivity index (χ2v) is 4.44. The number of halogens is 1. The first kappa shape index (κ1) is 14.2. The van der Waals surface area contributed by atoms with Crippen molar-refractivity contribution in [2.24, 2.45) is 0 Å². The van der Waals surface area contributed by atoms with Crippen LogP contribution in [-0.4, -0.2) is 17.4 Å².